The van der Waals surface area contributed by atoms with Crippen LogP contribution in [0.3, 0.4) is 0 Å². The molecule has 1 aliphatic rings. The number of nitrogens with two attached hydrogens (primary N) is 1. The molecule has 31 heavy (non-hydrogen) atoms. The van der Waals surface area contributed by atoms with Crippen molar-refractivity contribution in [3.05, 3.63) is 106 Å². The van der Waals surface area contributed by atoms with Gasteiger partial charge in [0, 0.05) is 23.3 Å². The second-order valence-corrected chi connectivity index (χ2v) is 7.18. The highest BCUT2D eigenvalue weighted by Gasteiger charge is 2.34. The third kappa shape index (κ3) is 3.02. The summed E-state index contributed by atoms with van der Waals surface area (Å²) in [7, 11) is 0. The molecule has 0 fully saturated rings. The average molecular weight is 410 g/mol. The number of hydrogen-bond donors (Lipinski definition) is 2. The number of pyridine rings is 2. The van der Waals surface area contributed by atoms with Gasteiger partial charge < -0.3 is 15.5 Å². The summed E-state index contributed by atoms with van der Waals surface area (Å²) in [6.45, 7) is 0. The summed E-state index contributed by atoms with van der Waals surface area (Å²) >= 11 is 0. The number of allylic oxidation sites excluding steroid dienone is 1. The molecule has 0 saturated carbocycles. The van der Waals surface area contributed by atoms with Gasteiger partial charge in [0.1, 0.15) is 23.2 Å². The summed E-state index contributed by atoms with van der Waals surface area (Å²) in [6, 6.07) is 17.1. The highest BCUT2D eigenvalue weighted by atomic mass is 19.1. The van der Waals surface area contributed by atoms with E-state index in [-0.39, 0.29) is 22.8 Å². The van der Waals surface area contributed by atoms with Crippen LogP contribution in [0, 0.1) is 17.1 Å². The molecule has 4 aromatic rings. The van der Waals surface area contributed by atoms with Crippen LogP contribution in [0.1, 0.15) is 17.0 Å². The molecule has 0 spiro atoms. The number of para-hydroxylation sites is 1. The van der Waals surface area contributed by atoms with E-state index in [0.717, 1.165) is 11.1 Å². The van der Waals surface area contributed by atoms with Gasteiger partial charge in [-0.1, -0.05) is 24.3 Å². The predicted octanol–water partition coefficient (Wildman–Crippen LogP) is 3.95. The van der Waals surface area contributed by atoms with Crippen molar-refractivity contribution in [3.8, 4) is 22.9 Å². The summed E-state index contributed by atoms with van der Waals surface area (Å²) in [6.07, 6.45) is 3.23. The number of H-pyrrole nitrogens is 1. The van der Waals surface area contributed by atoms with Gasteiger partial charge in [0.25, 0.3) is 5.56 Å². The van der Waals surface area contributed by atoms with Crippen molar-refractivity contribution in [1.29, 1.82) is 5.26 Å². The molecule has 5 rings (SSSR count). The standard InChI is InChI=1S/C24H15FN4O2/c25-16-7-5-13(6-8-16)14-9-15(12-28-11-14)20-18(10-26)23(27)31-22-17-3-1-2-4-19(17)29-24(30)21(20)22/h1-9,11-12,20H,27H2,(H,29,30)/t20-/m0/s1. The largest absolute Gasteiger partial charge is 0.439 e. The summed E-state index contributed by atoms with van der Waals surface area (Å²) in [4.78, 5) is 20.2. The molecule has 2 aromatic heterocycles. The van der Waals surface area contributed by atoms with Crippen LogP contribution in [0.4, 0.5) is 4.39 Å². The minimum absolute atomic E-state index is 0.0528. The van der Waals surface area contributed by atoms with Gasteiger partial charge in [-0.25, -0.2) is 4.39 Å². The van der Waals surface area contributed by atoms with E-state index in [1.807, 2.05) is 18.2 Å². The van der Waals surface area contributed by atoms with Crippen LogP contribution < -0.4 is 16.0 Å². The molecule has 7 heteroatoms. The molecule has 1 atom stereocenters. The monoisotopic (exact) mass is 410 g/mol. The van der Waals surface area contributed by atoms with Gasteiger partial charge in [0.05, 0.1) is 17.0 Å². The zero-order valence-corrected chi connectivity index (χ0v) is 16.1. The van der Waals surface area contributed by atoms with Crippen LogP contribution in [-0.2, 0) is 0 Å². The molecule has 0 saturated heterocycles. The minimum Gasteiger partial charge on any atom is -0.439 e. The fourth-order valence-corrected chi connectivity index (χ4v) is 3.92. The van der Waals surface area contributed by atoms with Crippen molar-refractivity contribution in [2.45, 2.75) is 5.92 Å². The van der Waals surface area contributed by atoms with Crippen molar-refractivity contribution >= 4 is 10.9 Å². The lowest BCUT2D eigenvalue weighted by atomic mass is 9.83. The zero-order chi connectivity index (χ0) is 21.5. The van der Waals surface area contributed by atoms with E-state index in [2.05, 4.69) is 16.0 Å². The van der Waals surface area contributed by atoms with E-state index < -0.39 is 5.92 Å². The first-order valence-corrected chi connectivity index (χ1v) is 9.50. The molecule has 3 heterocycles. The number of benzene rings is 2. The topological polar surface area (TPSA) is 105 Å². The summed E-state index contributed by atoms with van der Waals surface area (Å²) in [5.41, 5.74) is 8.84. The Hall–Kier alpha value is -4.44. The summed E-state index contributed by atoms with van der Waals surface area (Å²) in [5.74, 6) is -0.821. The van der Waals surface area contributed by atoms with Crippen molar-refractivity contribution in [1.82, 2.24) is 9.97 Å². The molecule has 3 N–H and O–H groups in total. The van der Waals surface area contributed by atoms with Crippen LogP contribution in [0.2, 0.25) is 0 Å². The van der Waals surface area contributed by atoms with Crippen molar-refractivity contribution in [2.75, 3.05) is 0 Å². The van der Waals surface area contributed by atoms with Crippen LogP contribution in [0.15, 0.2) is 83.2 Å². The number of rotatable bonds is 2. The normalized spacial score (nSPS) is 15.3. The molecule has 0 amide bonds. The first-order chi connectivity index (χ1) is 15.1. The van der Waals surface area contributed by atoms with Crippen LogP contribution in [0.5, 0.6) is 5.75 Å². The van der Waals surface area contributed by atoms with Gasteiger partial charge >= 0.3 is 0 Å². The maximum Gasteiger partial charge on any atom is 0.256 e. The molecule has 1 aliphatic heterocycles. The minimum atomic E-state index is -0.755. The second-order valence-electron chi connectivity index (χ2n) is 7.18. The van der Waals surface area contributed by atoms with E-state index in [0.29, 0.717) is 27.8 Å². The average Bonchev–Trinajstić information content (AvgIpc) is 2.79. The van der Waals surface area contributed by atoms with Crippen LogP contribution in [0.25, 0.3) is 22.0 Å². The van der Waals surface area contributed by atoms with Gasteiger partial charge in [-0.05, 0) is 41.5 Å². The molecule has 2 aromatic carbocycles. The number of nitriles is 1. The molecule has 0 radical (unpaired) electrons. The van der Waals surface area contributed by atoms with E-state index in [1.165, 1.54) is 12.1 Å². The van der Waals surface area contributed by atoms with Gasteiger partial charge in [0.2, 0.25) is 5.88 Å². The van der Waals surface area contributed by atoms with Gasteiger partial charge in [-0.15, -0.1) is 0 Å². The SMILES string of the molecule is N#CC1=C(N)Oc2c(c(=O)[nH]c3ccccc23)[C@H]1c1cncc(-c2ccc(F)cc2)c1. The van der Waals surface area contributed by atoms with Gasteiger partial charge in [-0.2, -0.15) is 5.26 Å². The quantitative estimate of drug-likeness (QED) is 0.521. The Morgan fingerprint density at radius 1 is 1.10 bits per heavy atom. The number of nitrogens with one attached hydrogen (secondary N) is 1. The number of nitrogens with zero attached hydrogens (tertiary/aromatic N) is 2. The number of hydrogen-bond acceptors (Lipinski definition) is 5. The van der Waals surface area contributed by atoms with Crippen molar-refractivity contribution in [3.63, 3.8) is 0 Å². The van der Waals surface area contributed by atoms with E-state index in [1.54, 1.807) is 36.7 Å². The van der Waals surface area contributed by atoms with Crippen LogP contribution >= 0.6 is 0 Å². The maximum absolute atomic E-state index is 13.3. The number of aromatic nitrogens is 2. The molecular weight excluding hydrogens is 395 g/mol. The first kappa shape index (κ1) is 18.6. The first-order valence-electron chi connectivity index (χ1n) is 9.50. The predicted molar refractivity (Wildman–Crippen MR) is 113 cm³/mol. The fourth-order valence-electron chi connectivity index (χ4n) is 3.92. The van der Waals surface area contributed by atoms with E-state index in [4.69, 9.17) is 10.5 Å². The second kappa shape index (κ2) is 7.11. The Bertz CT molecular complexity index is 1470. The molecule has 0 aliphatic carbocycles. The Kier molecular flexibility index (Phi) is 4.26. The number of aromatic amines is 1. The maximum atomic E-state index is 13.3. The lowest BCUT2D eigenvalue weighted by Crippen LogP contribution is -2.28. The van der Waals surface area contributed by atoms with E-state index in [9.17, 15) is 14.4 Å². The molecule has 0 unspecified atom stereocenters. The highest BCUT2D eigenvalue weighted by molar-refractivity contribution is 5.87. The Labute approximate surface area is 176 Å². The fraction of sp³-hybridized carbons (Fsp3) is 0.0417. The smallest absolute Gasteiger partial charge is 0.256 e. The third-order valence-electron chi connectivity index (χ3n) is 5.35. The van der Waals surface area contributed by atoms with Crippen LogP contribution in [-0.4, -0.2) is 9.97 Å². The number of ether oxygens (including phenoxy) is 1. The summed E-state index contributed by atoms with van der Waals surface area (Å²) in [5, 5.41) is 10.5. The van der Waals surface area contributed by atoms with E-state index >= 15 is 0 Å². The van der Waals surface area contributed by atoms with Crippen molar-refractivity contribution in [2.24, 2.45) is 5.73 Å². The Balaban J connectivity index is 1.75. The zero-order valence-electron chi connectivity index (χ0n) is 16.1. The lowest BCUT2D eigenvalue weighted by molar-refractivity contribution is 0.397. The molecular formula is C24H15FN4O2. The highest BCUT2D eigenvalue weighted by Crippen LogP contribution is 2.43. The summed E-state index contributed by atoms with van der Waals surface area (Å²) < 4.78 is 19.1. The number of fused-ring (bicyclic) bond motifs is 3. The Morgan fingerprint density at radius 3 is 2.65 bits per heavy atom. The third-order valence-corrected chi connectivity index (χ3v) is 5.35. The Morgan fingerprint density at radius 2 is 1.87 bits per heavy atom. The van der Waals surface area contributed by atoms with Gasteiger partial charge in [-0.3, -0.25) is 9.78 Å². The molecule has 6 nitrogen and oxygen atoms in total. The molecule has 150 valence electrons. The molecule has 0 bridgehead atoms. The lowest BCUT2D eigenvalue weighted by Gasteiger charge is -2.26. The van der Waals surface area contributed by atoms with Gasteiger partial charge in [0.15, 0.2) is 0 Å². The number of halogens is 1. The van der Waals surface area contributed by atoms with Crippen molar-refractivity contribution < 1.29 is 9.13 Å².